The maximum Gasteiger partial charge on any atom is 0.137 e. The van der Waals surface area contributed by atoms with Crippen molar-refractivity contribution in [3.05, 3.63) is 139 Å². The number of ether oxygens (including phenoxy) is 1. The van der Waals surface area contributed by atoms with E-state index in [-0.39, 0.29) is 5.41 Å². The van der Waals surface area contributed by atoms with Crippen LogP contribution in [0.4, 0.5) is 22.7 Å². The van der Waals surface area contributed by atoms with Gasteiger partial charge in [0.1, 0.15) is 24.0 Å². The fourth-order valence-electron chi connectivity index (χ4n) is 7.40. The van der Waals surface area contributed by atoms with Crippen LogP contribution in [0.1, 0.15) is 26.3 Å². The summed E-state index contributed by atoms with van der Waals surface area (Å²) in [6.45, 7) is 14.7. The molecule has 52 heavy (non-hydrogen) atoms. The molecule has 258 valence electrons. The topological polar surface area (TPSA) is 33.5 Å². The summed E-state index contributed by atoms with van der Waals surface area (Å²) in [7, 11) is -1.57. The molecule has 0 saturated heterocycles. The van der Waals surface area contributed by atoms with Crippen LogP contribution in [0.15, 0.2) is 134 Å². The Hall–Kier alpha value is -5.37. The van der Waals surface area contributed by atoms with E-state index in [4.69, 9.17) is 9.72 Å². The summed E-state index contributed by atoms with van der Waals surface area (Å²) < 4.78 is 11.6. The van der Waals surface area contributed by atoms with E-state index in [1.165, 1.54) is 53.5 Å². The minimum atomic E-state index is -1.57. The number of para-hydroxylation sites is 2. The van der Waals surface area contributed by atoms with Crippen molar-refractivity contribution in [1.29, 1.82) is 0 Å². The number of rotatable bonds is 6. The molecule has 0 bridgehead atoms. The van der Waals surface area contributed by atoms with Gasteiger partial charge in [0.25, 0.3) is 0 Å². The zero-order valence-electron chi connectivity index (χ0n) is 30.5. The van der Waals surface area contributed by atoms with Gasteiger partial charge in [-0.15, -0.1) is 11.3 Å². The molecular formula is C45H42N4OSSi. The summed E-state index contributed by atoms with van der Waals surface area (Å²) in [5.74, 6) is 2.55. The Morgan fingerprint density at radius 2 is 1.37 bits per heavy atom. The van der Waals surface area contributed by atoms with Crippen LogP contribution >= 0.6 is 11.3 Å². The van der Waals surface area contributed by atoms with Crippen molar-refractivity contribution >= 4 is 78.6 Å². The fraction of sp³-hybridized carbons (Fsp3) is 0.178. The quantitative estimate of drug-likeness (QED) is 0.161. The molecule has 3 aromatic heterocycles. The second-order valence-corrected chi connectivity index (χ2v) is 22.0. The molecule has 8 aromatic rings. The number of benzene rings is 5. The van der Waals surface area contributed by atoms with Crippen molar-refractivity contribution in [3.8, 4) is 17.3 Å². The predicted octanol–water partition coefficient (Wildman–Crippen LogP) is 12.3. The lowest BCUT2D eigenvalue weighted by Crippen LogP contribution is -2.37. The standard InChI is InChI=1S/C45H42N4OSSi/c1-45(2,3)30-13-11-14-31(25-30)47-29-48(39-19-9-8-18-38(39)47)32-15-12-16-33(26-32)50-34-21-22-36-40(27-34)49(42-28-35(23-24-46-42)52(4,5)6)43-37-17-7-10-20-41(37)51-44(36)43/h7-28H,29H2,1-6H3. The van der Waals surface area contributed by atoms with Crippen LogP contribution < -0.4 is 19.7 Å². The Morgan fingerprint density at radius 3 is 2.12 bits per heavy atom. The highest BCUT2D eigenvalue weighted by Crippen LogP contribution is 2.46. The minimum Gasteiger partial charge on any atom is -0.457 e. The van der Waals surface area contributed by atoms with Crippen molar-refractivity contribution in [2.45, 2.75) is 45.8 Å². The smallest absolute Gasteiger partial charge is 0.137 e. The number of fused-ring (bicyclic) bond motifs is 6. The van der Waals surface area contributed by atoms with Gasteiger partial charge in [-0.3, -0.25) is 4.57 Å². The third-order valence-corrected chi connectivity index (χ3v) is 13.5. The van der Waals surface area contributed by atoms with Crippen molar-refractivity contribution in [2.24, 2.45) is 0 Å². The largest absolute Gasteiger partial charge is 0.457 e. The van der Waals surface area contributed by atoms with Crippen LogP contribution in [-0.2, 0) is 5.41 Å². The lowest BCUT2D eigenvalue weighted by Gasteiger charge is -2.25. The van der Waals surface area contributed by atoms with Crippen LogP contribution in [0.3, 0.4) is 0 Å². The van der Waals surface area contributed by atoms with Crippen molar-refractivity contribution in [3.63, 3.8) is 0 Å². The molecule has 5 aromatic carbocycles. The molecule has 9 rings (SSSR count). The number of anilines is 4. The molecule has 0 spiro atoms. The highest BCUT2D eigenvalue weighted by molar-refractivity contribution is 7.26. The van der Waals surface area contributed by atoms with Gasteiger partial charge in [-0.2, -0.15) is 0 Å². The number of thiophene rings is 1. The molecule has 0 N–H and O–H groups in total. The first-order valence-electron chi connectivity index (χ1n) is 18.0. The third-order valence-electron chi connectivity index (χ3n) is 10.2. The number of hydrogen-bond acceptors (Lipinski definition) is 5. The predicted molar refractivity (Wildman–Crippen MR) is 224 cm³/mol. The second kappa shape index (κ2) is 12.1. The van der Waals surface area contributed by atoms with Crippen molar-refractivity contribution in [1.82, 2.24) is 9.55 Å². The summed E-state index contributed by atoms with van der Waals surface area (Å²) in [5, 5.41) is 3.85. The SMILES string of the molecule is CC(C)(C)c1cccc(N2CN(c3cccc(Oc4ccc5c6sc7ccccc7c6n(-c6cc([Si](C)(C)C)ccn6)c5c4)c3)c3ccccc32)c1. The normalized spacial score (nSPS) is 13.4. The van der Waals surface area contributed by atoms with E-state index < -0.39 is 8.07 Å². The van der Waals surface area contributed by atoms with Crippen LogP contribution in [-0.4, -0.2) is 24.3 Å². The van der Waals surface area contributed by atoms with Gasteiger partial charge in [0, 0.05) is 45.2 Å². The van der Waals surface area contributed by atoms with Gasteiger partial charge in [-0.1, -0.05) is 94.1 Å². The molecule has 0 atom stereocenters. The Morgan fingerprint density at radius 1 is 0.673 bits per heavy atom. The van der Waals surface area contributed by atoms with E-state index in [1.54, 1.807) is 0 Å². The van der Waals surface area contributed by atoms with E-state index in [1.807, 2.05) is 23.6 Å². The van der Waals surface area contributed by atoms with Gasteiger partial charge in [0.15, 0.2) is 0 Å². The summed E-state index contributed by atoms with van der Waals surface area (Å²) in [6, 6.07) is 45.7. The number of pyridine rings is 1. The van der Waals surface area contributed by atoms with Crippen molar-refractivity contribution in [2.75, 3.05) is 16.5 Å². The van der Waals surface area contributed by atoms with E-state index >= 15 is 0 Å². The van der Waals surface area contributed by atoms with Crippen molar-refractivity contribution < 1.29 is 4.74 Å². The average molecular weight is 715 g/mol. The Balaban J connectivity index is 1.10. The molecule has 1 aliphatic heterocycles. The van der Waals surface area contributed by atoms with Gasteiger partial charge >= 0.3 is 0 Å². The minimum absolute atomic E-state index is 0.0726. The lowest BCUT2D eigenvalue weighted by molar-refractivity contribution is 0.483. The van der Waals surface area contributed by atoms with Gasteiger partial charge in [0.05, 0.1) is 35.2 Å². The molecular weight excluding hydrogens is 673 g/mol. The molecule has 0 amide bonds. The number of aromatic nitrogens is 2. The van der Waals surface area contributed by atoms with Crippen LogP contribution in [0.5, 0.6) is 11.5 Å². The molecule has 0 saturated carbocycles. The monoisotopic (exact) mass is 714 g/mol. The molecule has 5 nitrogen and oxygen atoms in total. The third kappa shape index (κ3) is 5.56. The molecule has 7 heteroatoms. The summed E-state index contributed by atoms with van der Waals surface area (Å²) in [5.41, 5.74) is 8.37. The zero-order valence-corrected chi connectivity index (χ0v) is 32.3. The average Bonchev–Trinajstić information content (AvgIpc) is 3.80. The summed E-state index contributed by atoms with van der Waals surface area (Å²) in [6.07, 6.45) is 1.97. The van der Waals surface area contributed by atoms with Gasteiger partial charge in [-0.25, -0.2) is 4.98 Å². The zero-order chi connectivity index (χ0) is 35.8. The molecule has 4 heterocycles. The second-order valence-electron chi connectivity index (χ2n) is 15.8. The van der Waals surface area contributed by atoms with Crippen LogP contribution in [0, 0.1) is 0 Å². The Kier molecular flexibility index (Phi) is 7.57. The summed E-state index contributed by atoms with van der Waals surface area (Å²) >= 11 is 1.85. The molecule has 0 unspecified atom stereocenters. The van der Waals surface area contributed by atoms with E-state index in [2.05, 4.69) is 176 Å². The summed E-state index contributed by atoms with van der Waals surface area (Å²) in [4.78, 5) is 9.73. The first-order chi connectivity index (χ1) is 25.0. The maximum atomic E-state index is 6.70. The first-order valence-corrected chi connectivity index (χ1v) is 22.3. The highest BCUT2D eigenvalue weighted by Gasteiger charge is 2.29. The molecule has 0 fully saturated rings. The number of hydrogen-bond donors (Lipinski definition) is 0. The van der Waals surface area contributed by atoms with E-state index in [9.17, 15) is 0 Å². The Labute approximate surface area is 310 Å². The van der Waals surface area contributed by atoms with Gasteiger partial charge in [-0.05, 0) is 77.7 Å². The molecule has 0 radical (unpaired) electrons. The highest BCUT2D eigenvalue weighted by atomic mass is 32.1. The molecule has 1 aliphatic rings. The van der Waals surface area contributed by atoms with E-state index in [0.717, 1.165) is 28.5 Å². The van der Waals surface area contributed by atoms with Crippen LogP contribution in [0.25, 0.3) is 37.0 Å². The Bertz CT molecular complexity index is 2640. The number of nitrogens with zero attached hydrogens (tertiary/aromatic N) is 4. The first kappa shape index (κ1) is 32.5. The maximum absolute atomic E-state index is 6.70. The molecule has 0 aliphatic carbocycles. The van der Waals surface area contributed by atoms with Gasteiger partial charge in [0.2, 0.25) is 0 Å². The lowest BCUT2D eigenvalue weighted by atomic mass is 9.87. The van der Waals surface area contributed by atoms with Crippen LogP contribution in [0.2, 0.25) is 19.6 Å². The van der Waals surface area contributed by atoms with E-state index in [0.29, 0.717) is 6.67 Å². The fourth-order valence-corrected chi connectivity index (χ4v) is 9.76. The van der Waals surface area contributed by atoms with Gasteiger partial charge < -0.3 is 14.5 Å².